The van der Waals surface area contributed by atoms with Crippen LogP contribution in [0.25, 0.3) is 11.0 Å². The summed E-state index contributed by atoms with van der Waals surface area (Å²) >= 11 is 0. The number of imidazole rings is 1. The molecule has 1 aromatic heterocycles. The Morgan fingerprint density at radius 2 is 1.79 bits per heavy atom. The van der Waals surface area contributed by atoms with Crippen LogP contribution in [0.4, 0.5) is 18.0 Å². The highest BCUT2D eigenvalue weighted by molar-refractivity contribution is 5.77. The average Bonchev–Trinajstić information content (AvgIpc) is 3.04. The third-order valence-electron chi connectivity index (χ3n) is 4.00. The summed E-state index contributed by atoms with van der Waals surface area (Å²) < 4.78 is 55.4. The Kier molecular flexibility index (Phi) is 13.1. The maximum atomic E-state index is 12.7. The van der Waals surface area contributed by atoms with Crippen LogP contribution in [-0.4, -0.2) is 47.2 Å². The monoisotopic (exact) mass is 477 g/mol. The number of aryl methyl sites for hydroxylation is 1. The highest BCUT2D eigenvalue weighted by atomic mass is 19.4. The van der Waals surface area contributed by atoms with Gasteiger partial charge < -0.3 is 24.5 Å². The van der Waals surface area contributed by atoms with E-state index < -0.39 is 23.4 Å². The van der Waals surface area contributed by atoms with Crippen molar-refractivity contribution < 1.29 is 32.2 Å². The fraction of sp³-hybridized carbons (Fsp3) is 0.652. The molecule has 0 aliphatic carbocycles. The minimum Gasteiger partial charge on any atom is -0.444 e. The number of ether oxygens (including phenoxy) is 3. The van der Waals surface area contributed by atoms with Crippen molar-refractivity contribution in [1.29, 1.82) is 0 Å². The number of nitrogens with zero attached hydrogens (tertiary/aromatic N) is 2. The van der Waals surface area contributed by atoms with Crippen LogP contribution in [0.5, 0.6) is 0 Å². The highest BCUT2D eigenvalue weighted by Crippen LogP contribution is 2.31. The van der Waals surface area contributed by atoms with Gasteiger partial charge >= 0.3 is 12.3 Å². The van der Waals surface area contributed by atoms with E-state index in [4.69, 9.17) is 15.2 Å². The van der Waals surface area contributed by atoms with Crippen LogP contribution in [0.15, 0.2) is 18.2 Å². The van der Waals surface area contributed by atoms with E-state index in [0.29, 0.717) is 43.1 Å². The Labute approximate surface area is 194 Å². The molecule has 1 saturated heterocycles. The number of aromatic nitrogens is 2. The second-order valence-electron chi connectivity index (χ2n) is 7.59. The van der Waals surface area contributed by atoms with Gasteiger partial charge in [-0.25, -0.2) is 9.78 Å². The number of halogens is 3. The standard InChI is InChI=1S/C14H15F3N2O2.C5H11NO2.2C2H6/c1-19-12-3-2-9(14(15,16)17)6-11(12)18-13(19)7-10-8-20-4-5-21-10;1-5(2,3)8-4(6)7;2*1-2/h2-3,6,10H,4-5,7-8H2,1H3;1-3H3,(H2,6,7);2*1-2H3/t10-;;;/m0.../s1. The molecule has 10 heteroatoms. The van der Waals surface area contributed by atoms with Crippen LogP contribution in [0.2, 0.25) is 0 Å². The number of benzene rings is 1. The molecule has 2 N–H and O–H groups in total. The summed E-state index contributed by atoms with van der Waals surface area (Å²) in [5.41, 5.74) is 4.60. The van der Waals surface area contributed by atoms with E-state index in [-0.39, 0.29) is 6.10 Å². The lowest BCUT2D eigenvalue weighted by molar-refractivity contribution is -0.137. The number of amides is 1. The van der Waals surface area contributed by atoms with Gasteiger partial charge in [-0.3, -0.25) is 0 Å². The highest BCUT2D eigenvalue weighted by Gasteiger charge is 2.31. The van der Waals surface area contributed by atoms with E-state index in [1.807, 2.05) is 27.7 Å². The Bertz CT molecular complexity index is 840. The number of carbonyl (C=O) groups excluding carboxylic acids is 1. The van der Waals surface area contributed by atoms with Crippen molar-refractivity contribution in [3.63, 3.8) is 0 Å². The first-order valence-corrected chi connectivity index (χ1v) is 11.1. The summed E-state index contributed by atoms with van der Waals surface area (Å²) in [5, 5.41) is 0. The molecule has 1 aliphatic rings. The van der Waals surface area contributed by atoms with Crippen LogP contribution in [0, 0.1) is 0 Å². The number of hydrogen-bond donors (Lipinski definition) is 1. The smallest absolute Gasteiger partial charge is 0.416 e. The molecule has 2 aromatic rings. The predicted molar refractivity (Wildman–Crippen MR) is 123 cm³/mol. The molecule has 0 spiro atoms. The lowest BCUT2D eigenvalue weighted by Crippen LogP contribution is -2.31. The molecule has 0 radical (unpaired) electrons. The van der Waals surface area contributed by atoms with Crippen LogP contribution in [0.1, 0.15) is 59.9 Å². The van der Waals surface area contributed by atoms with Gasteiger partial charge in [0.25, 0.3) is 0 Å². The van der Waals surface area contributed by atoms with E-state index in [0.717, 1.165) is 12.1 Å². The summed E-state index contributed by atoms with van der Waals surface area (Å²) in [7, 11) is 1.79. The molecule has 3 rings (SSSR count). The molecule has 7 nitrogen and oxygen atoms in total. The lowest BCUT2D eigenvalue weighted by Gasteiger charge is -2.22. The molecule has 1 amide bonds. The minimum absolute atomic E-state index is 0.101. The molecule has 1 fully saturated rings. The Morgan fingerprint density at radius 3 is 2.21 bits per heavy atom. The number of nitrogens with two attached hydrogens (primary N) is 1. The van der Waals surface area contributed by atoms with Crippen molar-refractivity contribution in [2.24, 2.45) is 12.8 Å². The van der Waals surface area contributed by atoms with Crippen molar-refractivity contribution in [2.75, 3.05) is 19.8 Å². The van der Waals surface area contributed by atoms with E-state index in [2.05, 4.69) is 9.72 Å². The van der Waals surface area contributed by atoms with Crippen molar-refractivity contribution in [3.8, 4) is 0 Å². The average molecular weight is 478 g/mol. The van der Waals surface area contributed by atoms with Crippen molar-refractivity contribution in [3.05, 3.63) is 29.6 Å². The number of fused-ring (bicyclic) bond motifs is 1. The molecule has 1 atom stereocenters. The number of alkyl halides is 3. The molecule has 0 saturated carbocycles. The van der Waals surface area contributed by atoms with Gasteiger partial charge in [-0.1, -0.05) is 27.7 Å². The first kappa shape index (κ1) is 30.7. The Balaban J connectivity index is 0.000000724. The fourth-order valence-electron chi connectivity index (χ4n) is 2.77. The maximum absolute atomic E-state index is 12.7. The topological polar surface area (TPSA) is 88.6 Å². The third kappa shape index (κ3) is 10.9. The Morgan fingerprint density at radius 1 is 1.18 bits per heavy atom. The van der Waals surface area contributed by atoms with E-state index >= 15 is 0 Å². The molecule has 0 bridgehead atoms. The SMILES string of the molecule is CC.CC.CC(C)(C)OC(N)=O.Cn1c(C[C@H]2COCCO2)nc2cc(C(F)(F)F)ccc21. The zero-order chi connectivity index (χ0) is 25.8. The number of primary amides is 1. The molecule has 190 valence electrons. The maximum Gasteiger partial charge on any atom is 0.416 e. The number of rotatable bonds is 2. The summed E-state index contributed by atoms with van der Waals surface area (Å²) in [4.78, 5) is 14.3. The van der Waals surface area contributed by atoms with Crippen molar-refractivity contribution >= 4 is 17.1 Å². The van der Waals surface area contributed by atoms with Crippen LogP contribution >= 0.6 is 0 Å². The van der Waals surface area contributed by atoms with Gasteiger partial charge in [0.2, 0.25) is 0 Å². The third-order valence-corrected chi connectivity index (χ3v) is 4.00. The second kappa shape index (κ2) is 14.0. The summed E-state index contributed by atoms with van der Waals surface area (Å²) in [6, 6.07) is 3.61. The van der Waals surface area contributed by atoms with Crippen molar-refractivity contribution in [2.45, 2.75) is 72.8 Å². The molecule has 1 aromatic carbocycles. The minimum atomic E-state index is -4.35. The van der Waals surface area contributed by atoms with E-state index in [9.17, 15) is 18.0 Å². The van der Waals surface area contributed by atoms with Crippen molar-refractivity contribution in [1.82, 2.24) is 9.55 Å². The molecule has 33 heavy (non-hydrogen) atoms. The van der Waals surface area contributed by atoms with Crippen LogP contribution < -0.4 is 5.73 Å². The summed E-state index contributed by atoms with van der Waals surface area (Å²) in [6.45, 7) is 14.9. The zero-order valence-electron chi connectivity index (χ0n) is 20.9. The first-order valence-electron chi connectivity index (χ1n) is 11.1. The van der Waals surface area contributed by atoms with Gasteiger partial charge in [-0.15, -0.1) is 0 Å². The van der Waals surface area contributed by atoms with Gasteiger partial charge in [0.05, 0.1) is 42.5 Å². The summed E-state index contributed by atoms with van der Waals surface area (Å²) in [5.74, 6) is 0.694. The summed E-state index contributed by atoms with van der Waals surface area (Å²) in [6.07, 6.45) is -4.66. The number of hydrogen-bond acceptors (Lipinski definition) is 5. The quantitative estimate of drug-likeness (QED) is 0.619. The van der Waals surface area contributed by atoms with Crippen LogP contribution in [0.3, 0.4) is 0 Å². The molecular formula is C23H38F3N3O4. The normalized spacial score (nSPS) is 15.8. The van der Waals surface area contributed by atoms with Gasteiger partial charge in [0.1, 0.15) is 11.4 Å². The van der Waals surface area contributed by atoms with Crippen LogP contribution in [-0.2, 0) is 33.9 Å². The molecule has 1 aliphatic heterocycles. The second-order valence-corrected chi connectivity index (χ2v) is 7.59. The largest absolute Gasteiger partial charge is 0.444 e. The molecular weight excluding hydrogens is 439 g/mol. The lowest BCUT2D eigenvalue weighted by atomic mass is 10.2. The van der Waals surface area contributed by atoms with Gasteiger partial charge in [-0.05, 0) is 39.0 Å². The van der Waals surface area contributed by atoms with Gasteiger partial charge in [-0.2, -0.15) is 13.2 Å². The fourth-order valence-corrected chi connectivity index (χ4v) is 2.77. The number of carbonyl (C=O) groups is 1. The van der Waals surface area contributed by atoms with Gasteiger partial charge in [0, 0.05) is 13.5 Å². The zero-order valence-corrected chi connectivity index (χ0v) is 20.9. The van der Waals surface area contributed by atoms with Gasteiger partial charge in [0.15, 0.2) is 0 Å². The van der Waals surface area contributed by atoms with E-state index in [1.54, 1.807) is 32.4 Å². The Hall–Kier alpha value is -2.33. The predicted octanol–water partition coefficient (Wildman–Crippen LogP) is 5.48. The first-order chi connectivity index (χ1) is 15.4. The van der Waals surface area contributed by atoms with E-state index in [1.165, 1.54) is 6.07 Å². The molecule has 0 unspecified atom stereocenters. The molecule has 2 heterocycles.